The molecule has 0 aromatic rings. The monoisotopic (exact) mass is 393 g/mol. The van der Waals surface area contributed by atoms with Crippen molar-refractivity contribution in [3.63, 3.8) is 0 Å². The first-order chi connectivity index (χ1) is 13.2. The minimum absolute atomic E-state index is 0.403. The van der Waals surface area contributed by atoms with Gasteiger partial charge in [0, 0.05) is 51.9 Å². The molecule has 2 aliphatic heterocycles. The van der Waals surface area contributed by atoms with Gasteiger partial charge in [-0.2, -0.15) is 0 Å². The van der Waals surface area contributed by atoms with Crippen LogP contribution in [0.1, 0.15) is 66.7 Å². The molecule has 1 aliphatic carbocycles. The standard InChI is InChI=1S/C24H47N3O/c1-23(2,3)21-6-8-22(9-7-21)27-14-12-25(13-15-27)11-10-24(4,5)20-26-16-18-28-19-17-26/h21-22H,6-20H2,1-5H3. The Balaban J connectivity index is 1.34. The van der Waals surface area contributed by atoms with E-state index in [9.17, 15) is 0 Å². The number of ether oxygens (including phenoxy) is 1. The van der Waals surface area contributed by atoms with Crippen LogP contribution in [0.15, 0.2) is 0 Å². The number of hydrogen-bond donors (Lipinski definition) is 0. The van der Waals surface area contributed by atoms with E-state index < -0.39 is 0 Å². The van der Waals surface area contributed by atoms with Crippen molar-refractivity contribution >= 4 is 0 Å². The van der Waals surface area contributed by atoms with Gasteiger partial charge in [0.05, 0.1) is 13.2 Å². The van der Waals surface area contributed by atoms with Crippen LogP contribution in [0.5, 0.6) is 0 Å². The van der Waals surface area contributed by atoms with Gasteiger partial charge >= 0.3 is 0 Å². The molecule has 0 aromatic carbocycles. The Morgan fingerprint density at radius 2 is 1.36 bits per heavy atom. The molecule has 0 amide bonds. The SMILES string of the molecule is CC(C)(CCN1CCN(C2CCC(C(C)(C)C)CC2)CC1)CN1CCOCC1. The van der Waals surface area contributed by atoms with Gasteiger partial charge in [0.15, 0.2) is 0 Å². The summed E-state index contributed by atoms with van der Waals surface area (Å²) >= 11 is 0. The summed E-state index contributed by atoms with van der Waals surface area (Å²) in [6, 6.07) is 0.860. The number of morpholine rings is 1. The molecule has 2 heterocycles. The molecule has 3 fully saturated rings. The van der Waals surface area contributed by atoms with Gasteiger partial charge in [-0.25, -0.2) is 0 Å². The van der Waals surface area contributed by atoms with Crippen molar-refractivity contribution < 1.29 is 4.74 Å². The summed E-state index contributed by atoms with van der Waals surface area (Å²) in [6.07, 6.45) is 7.03. The molecule has 28 heavy (non-hydrogen) atoms. The Hall–Kier alpha value is -0.160. The third kappa shape index (κ3) is 6.68. The van der Waals surface area contributed by atoms with Crippen LogP contribution in [0.25, 0.3) is 0 Å². The molecular weight excluding hydrogens is 346 g/mol. The second kappa shape index (κ2) is 9.76. The number of hydrogen-bond acceptors (Lipinski definition) is 4. The molecule has 3 aliphatic rings. The topological polar surface area (TPSA) is 19.0 Å². The molecule has 0 radical (unpaired) electrons. The molecule has 4 heteroatoms. The van der Waals surface area contributed by atoms with Gasteiger partial charge in [0.25, 0.3) is 0 Å². The predicted molar refractivity (Wildman–Crippen MR) is 119 cm³/mol. The van der Waals surface area contributed by atoms with Gasteiger partial charge in [0.1, 0.15) is 0 Å². The fourth-order valence-electron chi connectivity index (χ4n) is 5.56. The molecule has 0 aromatic heterocycles. The Bertz CT molecular complexity index is 451. The summed E-state index contributed by atoms with van der Waals surface area (Å²) < 4.78 is 5.50. The maximum Gasteiger partial charge on any atom is 0.0594 e. The van der Waals surface area contributed by atoms with Crippen LogP contribution in [-0.2, 0) is 4.74 Å². The van der Waals surface area contributed by atoms with Crippen molar-refractivity contribution in [2.75, 3.05) is 65.6 Å². The first-order valence-corrected chi connectivity index (χ1v) is 12.0. The molecule has 0 N–H and O–H groups in total. The van der Waals surface area contributed by atoms with Crippen LogP contribution in [-0.4, -0.2) is 86.3 Å². The highest BCUT2D eigenvalue weighted by molar-refractivity contribution is 4.87. The van der Waals surface area contributed by atoms with E-state index in [2.05, 4.69) is 49.3 Å². The summed E-state index contributed by atoms with van der Waals surface area (Å²) in [7, 11) is 0. The maximum atomic E-state index is 5.50. The highest BCUT2D eigenvalue weighted by Gasteiger charge is 2.33. The van der Waals surface area contributed by atoms with Gasteiger partial charge in [-0.15, -0.1) is 0 Å². The lowest BCUT2D eigenvalue weighted by Crippen LogP contribution is -2.52. The molecular formula is C24H47N3O. The van der Waals surface area contributed by atoms with Crippen LogP contribution in [0, 0.1) is 16.7 Å². The zero-order valence-electron chi connectivity index (χ0n) is 19.5. The zero-order valence-corrected chi connectivity index (χ0v) is 19.5. The van der Waals surface area contributed by atoms with Crippen LogP contribution in [0.3, 0.4) is 0 Å². The third-order valence-corrected chi connectivity index (χ3v) is 7.70. The second-order valence-corrected chi connectivity index (χ2v) is 11.6. The largest absolute Gasteiger partial charge is 0.379 e. The molecule has 3 rings (SSSR count). The van der Waals surface area contributed by atoms with Gasteiger partial charge in [-0.3, -0.25) is 9.80 Å². The van der Waals surface area contributed by atoms with Gasteiger partial charge in [-0.1, -0.05) is 34.6 Å². The number of rotatable bonds is 6. The van der Waals surface area contributed by atoms with E-state index in [1.165, 1.54) is 71.4 Å². The molecule has 2 saturated heterocycles. The van der Waals surface area contributed by atoms with E-state index in [4.69, 9.17) is 4.74 Å². The lowest BCUT2D eigenvalue weighted by Gasteiger charge is -2.44. The minimum atomic E-state index is 0.403. The molecule has 0 atom stereocenters. The average Bonchev–Trinajstić information content (AvgIpc) is 2.67. The number of nitrogens with zero attached hydrogens (tertiary/aromatic N) is 3. The van der Waals surface area contributed by atoms with E-state index in [0.717, 1.165) is 38.3 Å². The van der Waals surface area contributed by atoms with E-state index in [1.807, 2.05) is 0 Å². The summed E-state index contributed by atoms with van der Waals surface area (Å²) in [5.41, 5.74) is 0.900. The normalized spacial score (nSPS) is 29.9. The van der Waals surface area contributed by atoms with Crippen molar-refractivity contribution in [3.8, 4) is 0 Å². The highest BCUT2D eigenvalue weighted by Crippen LogP contribution is 2.39. The van der Waals surface area contributed by atoms with E-state index in [-0.39, 0.29) is 0 Å². The van der Waals surface area contributed by atoms with Crippen molar-refractivity contribution in [1.29, 1.82) is 0 Å². The van der Waals surface area contributed by atoms with Crippen LogP contribution in [0.4, 0.5) is 0 Å². The van der Waals surface area contributed by atoms with E-state index in [1.54, 1.807) is 0 Å². The molecule has 0 unspecified atom stereocenters. The average molecular weight is 394 g/mol. The van der Waals surface area contributed by atoms with Crippen molar-refractivity contribution in [2.24, 2.45) is 16.7 Å². The zero-order chi connectivity index (χ0) is 20.2. The molecule has 164 valence electrons. The van der Waals surface area contributed by atoms with Crippen molar-refractivity contribution in [3.05, 3.63) is 0 Å². The summed E-state index contributed by atoms with van der Waals surface area (Å²) in [4.78, 5) is 8.13. The van der Waals surface area contributed by atoms with Gasteiger partial charge in [-0.05, 0) is 55.4 Å². The predicted octanol–water partition coefficient (Wildman–Crippen LogP) is 3.96. The maximum absolute atomic E-state index is 5.50. The highest BCUT2D eigenvalue weighted by atomic mass is 16.5. The van der Waals surface area contributed by atoms with Crippen LogP contribution >= 0.6 is 0 Å². The minimum Gasteiger partial charge on any atom is -0.379 e. The summed E-state index contributed by atoms with van der Waals surface area (Å²) in [5, 5.41) is 0. The first-order valence-electron chi connectivity index (χ1n) is 12.0. The molecule has 1 saturated carbocycles. The number of piperazine rings is 1. The Kier molecular flexibility index (Phi) is 7.86. The Labute approximate surface area is 175 Å². The van der Waals surface area contributed by atoms with Crippen molar-refractivity contribution in [1.82, 2.24) is 14.7 Å². The smallest absolute Gasteiger partial charge is 0.0594 e. The van der Waals surface area contributed by atoms with Crippen molar-refractivity contribution in [2.45, 2.75) is 72.8 Å². The van der Waals surface area contributed by atoms with Crippen LogP contribution in [0.2, 0.25) is 0 Å². The molecule has 0 bridgehead atoms. The van der Waals surface area contributed by atoms with Gasteiger partial charge in [0.2, 0.25) is 0 Å². The van der Waals surface area contributed by atoms with Gasteiger partial charge < -0.3 is 9.64 Å². The van der Waals surface area contributed by atoms with E-state index in [0.29, 0.717) is 10.8 Å². The lowest BCUT2D eigenvalue weighted by atomic mass is 9.71. The lowest BCUT2D eigenvalue weighted by molar-refractivity contribution is 0.0157. The third-order valence-electron chi connectivity index (χ3n) is 7.70. The second-order valence-electron chi connectivity index (χ2n) is 11.6. The quantitative estimate of drug-likeness (QED) is 0.680. The molecule has 4 nitrogen and oxygen atoms in total. The van der Waals surface area contributed by atoms with E-state index >= 15 is 0 Å². The first kappa shape index (κ1) is 22.5. The summed E-state index contributed by atoms with van der Waals surface area (Å²) in [6.45, 7) is 23.8. The fraction of sp³-hybridized carbons (Fsp3) is 1.00. The molecule has 0 spiro atoms. The fourth-order valence-corrected chi connectivity index (χ4v) is 5.56. The van der Waals surface area contributed by atoms with Crippen LogP contribution < -0.4 is 0 Å². The summed E-state index contributed by atoms with van der Waals surface area (Å²) in [5.74, 6) is 0.929. The Morgan fingerprint density at radius 3 is 1.93 bits per heavy atom. The Morgan fingerprint density at radius 1 is 0.750 bits per heavy atom.